The smallest absolute Gasteiger partial charge is 0.115 e. The summed E-state index contributed by atoms with van der Waals surface area (Å²) in [5, 5.41) is 3.98. The predicted molar refractivity (Wildman–Crippen MR) is 90.2 cm³/mol. The summed E-state index contributed by atoms with van der Waals surface area (Å²) in [6.07, 6.45) is 6.78. The second-order valence-corrected chi connectivity index (χ2v) is 8.00. The van der Waals surface area contributed by atoms with Gasteiger partial charge in [-0.05, 0) is 31.9 Å². The van der Waals surface area contributed by atoms with Gasteiger partial charge in [0.25, 0.3) is 0 Å². The van der Waals surface area contributed by atoms with Crippen molar-refractivity contribution in [1.82, 2.24) is 19.9 Å². The second kappa shape index (κ2) is 6.21. The molecule has 0 bridgehead atoms. The molecule has 20 heavy (non-hydrogen) atoms. The van der Waals surface area contributed by atoms with E-state index in [-0.39, 0.29) is 0 Å². The van der Waals surface area contributed by atoms with Crippen molar-refractivity contribution in [2.75, 3.05) is 0 Å². The fourth-order valence-corrected chi connectivity index (χ4v) is 5.05. The van der Waals surface area contributed by atoms with Gasteiger partial charge in [0.05, 0.1) is 18.6 Å². The Morgan fingerprint density at radius 1 is 0.700 bits per heavy atom. The van der Waals surface area contributed by atoms with Crippen molar-refractivity contribution >= 4 is 76.6 Å². The van der Waals surface area contributed by atoms with Gasteiger partial charge in [-0.25, -0.2) is 0 Å². The van der Waals surface area contributed by atoms with Gasteiger partial charge in [0.15, 0.2) is 0 Å². The van der Waals surface area contributed by atoms with Gasteiger partial charge in [0.2, 0.25) is 0 Å². The summed E-state index contributed by atoms with van der Waals surface area (Å²) in [4.78, 5) is 16.5. The highest BCUT2D eigenvalue weighted by atomic mass is 79.9. The van der Waals surface area contributed by atoms with E-state index in [1.165, 1.54) is 0 Å². The topological polar surface area (TPSA) is 51.6 Å². The lowest BCUT2D eigenvalue weighted by Gasteiger charge is -1.85. The lowest BCUT2D eigenvalue weighted by atomic mass is 10.5. The molecule has 0 atom stereocenters. The van der Waals surface area contributed by atoms with Gasteiger partial charge >= 0.3 is 0 Å². The number of hydrogen-bond acceptors (Lipinski definition) is 6. The summed E-state index contributed by atoms with van der Waals surface area (Å²) < 4.78 is 2.04. The van der Waals surface area contributed by atoms with Crippen LogP contribution in [0.2, 0.25) is 0 Å². The van der Waals surface area contributed by atoms with E-state index < -0.39 is 0 Å². The average molecular weight is 430 g/mol. The molecule has 0 aromatic carbocycles. The number of aromatic nitrogens is 4. The maximum atomic E-state index is 4.17. The van der Waals surface area contributed by atoms with Crippen molar-refractivity contribution in [3.63, 3.8) is 0 Å². The van der Waals surface area contributed by atoms with Gasteiger partial charge in [-0.15, -0.1) is 22.7 Å². The van der Waals surface area contributed by atoms with Crippen LogP contribution in [0.25, 0.3) is 22.1 Å². The van der Waals surface area contributed by atoms with Crippen LogP contribution in [-0.2, 0) is 0 Å². The van der Waals surface area contributed by atoms with E-state index in [0.717, 1.165) is 29.6 Å². The zero-order chi connectivity index (χ0) is 13.9. The molecule has 0 amide bonds. The van der Waals surface area contributed by atoms with Gasteiger partial charge in [-0.3, -0.25) is 19.9 Å². The first kappa shape index (κ1) is 14.0. The molecule has 8 heteroatoms. The molecular weight excluding hydrogens is 424 g/mol. The monoisotopic (exact) mass is 428 g/mol. The molecule has 0 fully saturated rings. The van der Waals surface area contributed by atoms with Gasteiger partial charge in [0.1, 0.15) is 11.0 Å². The third-order valence-corrected chi connectivity index (χ3v) is 5.55. The molecule has 4 aromatic rings. The van der Waals surface area contributed by atoms with Crippen LogP contribution < -0.4 is 0 Å². The van der Waals surface area contributed by atoms with E-state index >= 15 is 0 Å². The molecule has 0 N–H and O–H groups in total. The number of rotatable bonds is 0. The molecule has 0 aliphatic rings. The van der Waals surface area contributed by atoms with Crippen LogP contribution in [0.3, 0.4) is 0 Å². The second-order valence-electron chi connectivity index (χ2n) is 3.60. The molecule has 0 unspecified atom stereocenters. The summed E-state index contributed by atoms with van der Waals surface area (Å²) >= 11 is 10.0. The SMILES string of the molecule is Brc1sc(Br)c2nccnc12.c1cnc2cscc2n1. The van der Waals surface area contributed by atoms with E-state index in [0.29, 0.717) is 0 Å². The van der Waals surface area contributed by atoms with Gasteiger partial charge in [-0.2, -0.15) is 0 Å². The average Bonchev–Trinajstić information content (AvgIpc) is 3.06. The summed E-state index contributed by atoms with van der Waals surface area (Å²) in [7, 11) is 0. The normalized spacial score (nSPS) is 10.5. The molecule has 4 nitrogen and oxygen atoms in total. The third-order valence-electron chi connectivity index (χ3n) is 2.37. The molecule has 4 rings (SSSR count). The largest absolute Gasteiger partial charge is 0.252 e. The number of thiophene rings is 2. The Morgan fingerprint density at radius 2 is 1.15 bits per heavy atom. The summed E-state index contributed by atoms with van der Waals surface area (Å²) in [5.74, 6) is 0. The van der Waals surface area contributed by atoms with Crippen LogP contribution in [0, 0.1) is 0 Å². The minimum absolute atomic E-state index is 0.921. The Hall–Kier alpha value is -0.960. The minimum atomic E-state index is 0.921. The zero-order valence-electron chi connectivity index (χ0n) is 9.83. The number of fused-ring (bicyclic) bond motifs is 2. The zero-order valence-corrected chi connectivity index (χ0v) is 14.6. The van der Waals surface area contributed by atoms with Crippen molar-refractivity contribution in [1.29, 1.82) is 0 Å². The lowest BCUT2D eigenvalue weighted by molar-refractivity contribution is 1.30. The molecule has 0 saturated carbocycles. The van der Waals surface area contributed by atoms with E-state index in [9.17, 15) is 0 Å². The first-order valence-corrected chi connectivity index (χ1v) is 8.77. The molecule has 100 valence electrons. The van der Waals surface area contributed by atoms with Gasteiger partial charge in [0, 0.05) is 35.5 Å². The molecule has 0 saturated heterocycles. The van der Waals surface area contributed by atoms with Crippen molar-refractivity contribution in [2.45, 2.75) is 0 Å². The minimum Gasteiger partial charge on any atom is -0.252 e. The first-order valence-electron chi connectivity index (χ1n) is 5.43. The van der Waals surface area contributed by atoms with Crippen molar-refractivity contribution in [3.05, 3.63) is 43.1 Å². The number of hydrogen-bond donors (Lipinski definition) is 0. The molecule has 0 radical (unpaired) electrons. The predicted octanol–water partition coefficient (Wildman–Crippen LogP) is 4.91. The first-order chi connectivity index (χ1) is 9.75. The molecule has 4 aromatic heterocycles. The third kappa shape index (κ3) is 2.88. The highest BCUT2D eigenvalue weighted by Gasteiger charge is 2.07. The standard InChI is InChI=1S/C6H2Br2N2S.C6H4N2S/c7-5-3-4(6(8)11-5)10-2-1-9-3;1-2-8-6-4-9-3-5(6)7-1/h1-2H;1-4H. The van der Waals surface area contributed by atoms with Crippen LogP contribution in [0.4, 0.5) is 0 Å². The van der Waals surface area contributed by atoms with Crippen LogP contribution in [0.1, 0.15) is 0 Å². The Kier molecular flexibility index (Phi) is 4.35. The van der Waals surface area contributed by atoms with E-state index in [1.807, 2.05) is 10.8 Å². The molecule has 0 aliphatic carbocycles. The highest BCUT2D eigenvalue weighted by molar-refractivity contribution is 9.12. The Bertz CT molecular complexity index is 793. The van der Waals surface area contributed by atoms with Crippen LogP contribution in [0.5, 0.6) is 0 Å². The maximum Gasteiger partial charge on any atom is 0.115 e. The van der Waals surface area contributed by atoms with Crippen molar-refractivity contribution in [3.8, 4) is 0 Å². The Morgan fingerprint density at radius 3 is 1.65 bits per heavy atom. The molecule has 0 aliphatic heterocycles. The fraction of sp³-hybridized carbons (Fsp3) is 0. The molecule has 0 spiro atoms. The van der Waals surface area contributed by atoms with Crippen LogP contribution in [-0.4, -0.2) is 19.9 Å². The number of halogens is 2. The lowest BCUT2D eigenvalue weighted by Crippen LogP contribution is -1.75. The maximum absolute atomic E-state index is 4.17. The quantitative estimate of drug-likeness (QED) is 0.398. The van der Waals surface area contributed by atoms with Gasteiger partial charge < -0.3 is 0 Å². The highest BCUT2D eigenvalue weighted by Crippen LogP contribution is 2.36. The number of nitrogens with zero attached hydrogens (tertiary/aromatic N) is 4. The Labute approximate surface area is 139 Å². The summed E-state index contributed by atoms with van der Waals surface area (Å²) in [6.45, 7) is 0. The van der Waals surface area contributed by atoms with Gasteiger partial charge in [-0.1, -0.05) is 0 Å². The molecular formula is C12H6Br2N4S2. The van der Waals surface area contributed by atoms with Crippen LogP contribution in [0.15, 0.2) is 43.1 Å². The van der Waals surface area contributed by atoms with E-state index in [4.69, 9.17) is 0 Å². The Balaban J connectivity index is 0.000000123. The van der Waals surface area contributed by atoms with E-state index in [2.05, 4.69) is 51.8 Å². The van der Waals surface area contributed by atoms with Crippen LogP contribution >= 0.6 is 54.5 Å². The van der Waals surface area contributed by atoms with Crippen molar-refractivity contribution in [2.24, 2.45) is 0 Å². The van der Waals surface area contributed by atoms with Crippen molar-refractivity contribution < 1.29 is 0 Å². The molecule has 4 heterocycles. The van der Waals surface area contributed by atoms with E-state index in [1.54, 1.807) is 47.5 Å². The summed E-state index contributed by atoms with van der Waals surface area (Å²) in [5.41, 5.74) is 3.82. The summed E-state index contributed by atoms with van der Waals surface area (Å²) in [6, 6.07) is 0. The fourth-order valence-electron chi connectivity index (χ4n) is 1.51.